The molecule has 0 aliphatic carbocycles. The molecule has 1 fully saturated rings. The first-order valence-corrected chi connectivity index (χ1v) is 9.88. The summed E-state index contributed by atoms with van der Waals surface area (Å²) in [4.78, 5) is 4.15. The molecule has 2 heterocycles. The molecule has 114 valence electrons. The van der Waals surface area contributed by atoms with Gasteiger partial charge < -0.3 is 4.57 Å². The lowest BCUT2D eigenvalue weighted by Crippen LogP contribution is -2.20. The van der Waals surface area contributed by atoms with Crippen LogP contribution >= 0.6 is 23.5 Å². The highest BCUT2D eigenvalue weighted by molar-refractivity contribution is 8.21. The van der Waals surface area contributed by atoms with Crippen molar-refractivity contribution in [3.05, 3.63) is 18.7 Å². The minimum absolute atomic E-state index is 0.468. The molecule has 1 aliphatic rings. The van der Waals surface area contributed by atoms with E-state index in [9.17, 15) is 0 Å². The summed E-state index contributed by atoms with van der Waals surface area (Å²) in [7, 11) is 0. The molecule has 1 aromatic heterocycles. The molecule has 0 spiro atoms. The molecule has 1 saturated heterocycles. The quantitative estimate of drug-likeness (QED) is 0.584. The molecular formula is C16H28N2S2. The fourth-order valence-electron chi connectivity index (χ4n) is 2.81. The molecule has 2 nitrogen and oxygen atoms in total. The molecule has 0 amide bonds. The zero-order valence-electron chi connectivity index (χ0n) is 12.9. The summed E-state index contributed by atoms with van der Waals surface area (Å²) in [5.41, 5.74) is 0. The van der Waals surface area contributed by atoms with E-state index in [4.69, 9.17) is 0 Å². The second-order valence-corrected chi connectivity index (χ2v) is 9.35. The van der Waals surface area contributed by atoms with Crippen molar-refractivity contribution >= 4 is 23.5 Å². The number of unbranched alkanes of at least 4 members (excludes halogenated alkanes) is 4. The average molecular weight is 313 g/mol. The molecule has 2 rings (SSSR count). The number of aryl methyl sites for hydroxylation is 1. The van der Waals surface area contributed by atoms with Gasteiger partial charge >= 0.3 is 0 Å². The van der Waals surface area contributed by atoms with Gasteiger partial charge in [0.1, 0.15) is 0 Å². The maximum absolute atomic E-state index is 4.15. The number of thioether (sulfide) groups is 2. The van der Waals surface area contributed by atoms with Crippen LogP contribution in [0.25, 0.3) is 0 Å². The van der Waals surface area contributed by atoms with Gasteiger partial charge in [-0.05, 0) is 12.8 Å². The zero-order valence-corrected chi connectivity index (χ0v) is 14.5. The third kappa shape index (κ3) is 5.03. The van der Waals surface area contributed by atoms with Gasteiger partial charge in [-0.1, -0.05) is 46.0 Å². The van der Waals surface area contributed by atoms with Crippen molar-refractivity contribution < 1.29 is 0 Å². The maximum atomic E-state index is 4.15. The first-order chi connectivity index (χ1) is 9.74. The van der Waals surface area contributed by atoms with Crippen molar-refractivity contribution in [2.45, 2.75) is 74.7 Å². The van der Waals surface area contributed by atoms with E-state index in [1.54, 1.807) is 0 Å². The van der Waals surface area contributed by atoms with E-state index in [1.165, 1.54) is 50.7 Å². The smallest absolute Gasteiger partial charge is 0.0945 e. The van der Waals surface area contributed by atoms with Crippen LogP contribution in [0.3, 0.4) is 0 Å². The lowest BCUT2D eigenvalue weighted by molar-refractivity contribution is 0.533. The summed E-state index contributed by atoms with van der Waals surface area (Å²) in [6.07, 6.45) is 15.5. The van der Waals surface area contributed by atoms with Crippen molar-refractivity contribution in [2.24, 2.45) is 0 Å². The standard InChI is InChI=1S/C16H28N2S2/c1-3-4-5-6-7-8-16(19-13-15(2)20-16)9-11-18-12-10-17-14-18/h10,12,14-15H,3-9,11,13H2,1-2H3. The fraction of sp³-hybridized carbons (Fsp3) is 0.812. The molecule has 20 heavy (non-hydrogen) atoms. The summed E-state index contributed by atoms with van der Waals surface area (Å²) < 4.78 is 2.69. The van der Waals surface area contributed by atoms with Gasteiger partial charge in [-0.2, -0.15) is 0 Å². The SMILES string of the molecule is CCCCCCCC1(CCn2ccnc2)SCC(C)S1. The third-order valence-electron chi connectivity index (χ3n) is 3.97. The number of aromatic nitrogens is 2. The summed E-state index contributed by atoms with van der Waals surface area (Å²) in [5.74, 6) is 1.32. The highest BCUT2D eigenvalue weighted by Gasteiger charge is 2.38. The van der Waals surface area contributed by atoms with Crippen LogP contribution in [-0.2, 0) is 6.54 Å². The van der Waals surface area contributed by atoms with Gasteiger partial charge in [-0.3, -0.25) is 0 Å². The van der Waals surface area contributed by atoms with Crippen LogP contribution in [0, 0.1) is 0 Å². The summed E-state index contributed by atoms with van der Waals surface area (Å²) in [5, 5.41) is 0.818. The number of hydrogen-bond acceptors (Lipinski definition) is 3. The minimum Gasteiger partial charge on any atom is -0.337 e. The molecule has 2 atom stereocenters. The van der Waals surface area contributed by atoms with E-state index in [0.29, 0.717) is 4.08 Å². The summed E-state index contributed by atoms with van der Waals surface area (Å²) in [6.45, 7) is 5.78. The first-order valence-electron chi connectivity index (χ1n) is 8.01. The monoisotopic (exact) mass is 312 g/mol. The Hall–Kier alpha value is -0.0900. The lowest BCUT2D eigenvalue weighted by Gasteiger charge is -2.28. The van der Waals surface area contributed by atoms with Crippen LogP contribution in [0.2, 0.25) is 0 Å². The van der Waals surface area contributed by atoms with Crippen molar-refractivity contribution in [2.75, 3.05) is 5.75 Å². The van der Waals surface area contributed by atoms with Crippen LogP contribution in [-0.4, -0.2) is 24.6 Å². The second-order valence-electron chi connectivity index (χ2n) is 5.86. The highest BCUT2D eigenvalue weighted by atomic mass is 32.2. The highest BCUT2D eigenvalue weighted by Crippen LogP contribution is 2.53. The fourth-order valence-corrected chi connectivity index (χ4v) is 6.52. The van der Waals surface area contributed by atoms with Gasteiger partial charge in [-0.15, -0.1) is 23.5 Å². The van der Waals surface area contributed by atoms with E-state index in [1.807, 2.05) is 12.5 Å². The Morgan fingerprint density at radius 2 is 2.10 bits per heavy atom. The first kappa shape index (κ1) is 16.3. The minimum atomic E-state index is 0.468. The van der Waals surface area contributed by atoms with Gasteiger partial charge in [0.25, 0.3) is 0 Å². The average Bonchev–Trinajstić information content (AvgIpc) is 3.07. The van der Waals surface area contributed by atoms with Gasteiger partial charge in [0.15, 0.2) is 0 Å². The van der Waals surface area contributed by atoms with Gasteiger partial charge in [-0.25, -0.2) is 4.98 Å². The van der Waals surface area contributed by atoms with Crippen LogP contribution in [0.15, 0.2) is 18.7 Å². The van der Waals surface area contributed by atoms with Gasteiger partial charge in [0.05, 0.1) is 10.4 Å². The van der Waals surface area contributed by atoms with Crippen LogP contribution < -0.4 is 0 Å². The molecule has 1 aliphatic heterocycles. The van der Waals surface area contributed by atoms with Crippen molar-refractivity contribution in [1.82, 2.24) is 9.55 Å². The maximum Gasteiger partial charge on any atom is 0.0945 e. The van der Waals surface area contributed by atoms with Crippen LogP contribution in [0.4, 0.5) is 0 Å². The van der Waals surface area contributed by atoms with E-state index in [-0.39, 0.29) is 0 Å². The predicted molar refractivity (Wildman–Crippen MR) is 92.5 cm³/mol. The molecule has 0 aromatic carbocycles. The normalized spacial score (nSPS) is 26.2. The molecule has 0 radical (unpaired) electrons. The van der Waals surface area contributed by atoms with Crippen molar-refractivity contribution in [1.29, 1.82) is 0 Å². The Morgan fingerprint density at radius 1 is 1.25 bits per heavy atom. The number of hydrogen-bond donors (Lipinski definition) is 0. The third-order valence-corrected chi connectivity index (χ3v) is 7.83. The largest absolute Gasteiger partial charge is 0.337 e. The van der Waals surface area contributed by atoms with Crippen molar-refractivity contribution in [3.8, 4) is 0 Å². The zero-order chi connectivity index (χ0) is 14.3. The Morgan fingerprint density at radius 3 is 2.75 bits per heavy atom. The van der Waals surface area contributed by atoms with E-state index >= 15 is 0 Å². The Balaban J connectivity index is 1.79. The predicted octanol–water partition coefficient (Wildman–Crippen LogP) is 5.20. The Kier molecular flexibility index (Phi) is 6.82. The van der Waals surface area contributed by atoms with E-state index < -0.39 is 0 Å². The molecule has 0 N–H and O–H groups in total. The number of nitrogens with zero attached hydrogens (tertiary/aromatic N) is 2. The van der Waals surface area contributed by atoms with Gasteiger partial charge in [0, 0.05) is 29.9 Å². The van der Waals surface area contributed by atoms with E-state index in [2.05, 4.69) is 53.1 Å². The van der Waals surface area contributed by atoms with Crippen LogP contribution in [0.5, 0.6) is 0 Å². The van der Waals surface area contributed by atoms with E-state index in [0.717, 1.165) is 11.8 Å². The number of rotatable bonds is 9. The lowest BCUT2D eigenvalue weighted by atomic mass is 10.1. The second kappa shape index (κ2) is 8.38. The molecule has 1 aromatic rings. The Bertz CT molecular complexity index is 367. The van der Waals surface area contributed by atoms with Gasteiger partial charge in [0.2, 0.25) is 0 Å². The number of imidazole rings is 1. The molecule has 0 bridgehead atoms. The Labute approximate surface area is 132 Å². The molecule has 0 saturated carbocycles. The van der Waals surface area contributed by atoms with Crippen LogP contribution in [0.1, 0.15) is 58.8 Å². The summed E-state index contributed by atoms with van der Waals surface area (Å²) >= 11 is 4.44. The molecule has 2 unspecified atom stereocenters. The molecular weight excluding hydrogens is 284 g/mol. The van der Waals surface area contributed by atoms with Crippen molar-refractivity contribution in [3.63, 3.8) is 0 Å². The molecule has 4 heteroatoms. The topological polar surface area (TPSA) is 17.8 Å². The summed E-state index contributed by atoms with van der Waals surface area (Å²) in [6, 6.07) is 0.